The van der Waals surface area contributed by atoms with Crippen molar-refractivity contribution in [1.29, 1.82) is 10.5 Å². The Labute approximate surface area is 209 Å². The van der Waals surface area contributed by atoms with E-state index in [-0.39, 0.29) is 0 Å². The van der Waals surface area contributed by atoms with E-state index >= 15 is 0 Å². The first-order chi connectivity index (χ1) is 17.6. The van der Waals surface area contributed by atoms with Crippen molar-refractivity contribution in [2.75, 3.05) is 4.90 Å². The van der Waals surface area contributed by atoms with Crippen LogP contribution >= 0.6 is 0 Å². The zero-order valence-corrected chi connectivity index (χ0v) is 19.2. The Balaban J connectivity index is 1.59. The van der Waals surface area contributed by atoms with Gasteiger partial charge in [0.1, 0.15) is 11.6 Å². The molecule has 4 rings (SSSR count). The van der Waals surface area contributed by atoms with Gasteiger partial charge < -0.3 is 10.0 Å². The van der Waals surface area contributed by atoms with Gasteiger partial charge >= 0.3 is 5.97 Å². The van der Waals surface area contributed by atoms with Crippen LogP contribution in [-0.4, -0.2) is 11.1 Å². The molecular formula is C31H21N3O2. The van der Waals surface area contributed by atoms with Crippen molar-refractivity contribution in [3.63, 3.8) is 0 Å². The largest absolute Gasteiger partial charge is 0.477 e. The topological polar surface area (TPSA) is 88.1 Å². The number of carboxylic acids is 1. The Kier molecular flexibility index (Phi) is 7.36. The van der Waals surface area contributed by atoms with Crippen LogP contribution < -0.4 is 4.90 Å². The van der Waals surface area contributed by atoms with Crippen molar-refractivity contribution in [1.82, 2.24) is 0 Å². The molecule has 0 bridgehead atoms. The molecule has 0 aliphatic heterocycles. The molecule has 5 heteroatoms. The fourth-order valence-corrected chi connectivity index (χ4v) is 3.73. The van der Waals surface area contributed by atoms with Crippen LogP contribution in [0.15, 0.2) is 109 Å². The number of para-hydroxylation sites is 2. The molecule has 0 heterocycles. The first kappa shape index (κ1) is 23.8. The van der Waals surface area contributed by atoms with E-state index in [4.69, 9.17) is 10.4 Å². The summed E-state index contributed by atoms with van der Waals surface area (Å²) in [6.45, 7) is 0. The molecule has 36 heavy (non-hydrogen) atoms. The van der Waals surface area contributed by atoms with E-state index in [2.05, 4.69) is 47.4 Å². The first-order valence-electron chi connectivity index (χ1n) is 11.2. The van der Waals surface area contributed by atoms with Gasteiger partial charge in [-0.05, 0) is 65.2 Å². The van der Waals surface area contributed by atoms with E-state index in [0.717, 1.165) is 28.2 Å². The Morgan fingerprint density at radius 1 is 0.722 bits per heavy atom. The highest BCUT2D eigenvalue weighted by Gasteiger charge is 2.11. The van der Waals surface area contributed by atoms with Crippen LogP contribution in [0, 0.1) is 22.7 Å². The van der Waals surface area contributed by atoms with Crippen LogP contribution in [0.3, 0.4) is 0 Å². The van der Waals surface area contributed by atoms with Gasteiger partial charge in [0.15, 0.2) is 0 Å². The summed E-state index contributed by atoms with van der Waals surface area (Å²) in [4.78, 5) is 13.3. The van der Waals surface area contributed by atoms with E-state index in [0.29, 0.717) is 11.1 Å². The molecule has 0 amide bonds. The average Bonchev–Trinajstić information content (AvgIpc) is 2.92. The molecule has 0 aliphatic rings. The average molecular weight is 468 g/mol. The normalized spacial score (nSPS) is 11.0. The predicted molar refractivity (Wildman–Crippen MR) is 142 cm³/mol. The second-order valence-electron chi connectivity index (χ2n) is 7.86. The Morgan fingerprint density at radius 2 is 1.25 bits per heavy atom. The monoisotopic (exact) mass is 467 g/mol. The van der Waals surface area contributed by atoms with Crippen LogP contribution in [0.1, 0.15) is 22.3 Å². The molecule has 0 atom stereocenters. The van der Waals surface area contributed by atoms with Gasteiger partial charge in [-0.2, -0.15) is 10.5 Å². The molecule has 5 nitrogen and oxygen atoms in total. The molecule has 4 aromatic rings. The summed E-state index contributed by atoms with van der Waals surface area (Å²) in [6, 6.07) is 37.3. The molecule has 0 aromatic heterocycles. The lowest BCUT2D eigenvalue weighted by Crippen LogP contribution is -2.09. The lowest BCUT2D eigenvalue weighted by Gasteiger charge is -2.25. The summed E-state index contributed by atoms with van der Waals surface area (Å²) in [5.41, 5.74) is 5.19. The Bertz CT molecular complexity index is 1470. The second-order valence-corrected chi connectivity index (χ2v) is 7.86. The van der Waals surface area contributed by atoms with Crippen LogP contribution in [0.5, 0.6) is 0 Å². The summed E-state index contributed by atoms with van der Waals surface area (Å²) in [5.74, 6) is -1.33. The molecular weight excluding hydrogens is 446 g/mol. The molecule has 0 fully saturated rings. The molecule has 0 unspecified atom stereocenters. The lowest BCUT2D eigenvalue weighted by atomic mass is 10.0. The standard InChI is InChI=1S/C31H21N3O2/c32-21-26-19-24(13-16-25(26)20-27(22-33)31(35)36)12-11-23-14-17-30(18-15-23)34(28-7-3-1-4-8-28)29-9-5-2-6-10-29/h1-20H,(H,35,36)/b12-11+,27-20+. The molecule has 0 spiro atoms. The van der Waals surface area contributed by atoms with Gasteiger partial charge in [0.25, 0.3) is 0 Å². The summed E-state index contributed by atoms with van der Waals surface area (Å²) >= 11 is 0. The fourth-order valence-electron chi connectivity index (χ4n) is 3.73. The predicted octanol–water partition coefficient (Wildman–Crippen LogP) is 7.19. The third-order valence-corrected chi connectivity index (χ3v) is 5.50. The van der Waals surface area contributed by atoms with Gasteiger partial charge in [-0.1, -0.05) is 72.8 Å². The molecule has 172 valence electrons. The van der Waals surface area contributed by atoms with Gasteiger partial charge in [0.05, 0.1) is 11.6 Å². The highest BCUT2D eigenvalue weighted by Crippen LogP contribution is 2.34. The third kappa shape index (κ3) is 5.56. The number of aliphatic carboxylic acids is 1. The highest BCUT2D eigenvalue weighted by molar-refractivity contribution is 5.97. The van der Waals surface area contributed by atoms with E-state index in [1.807, 2.05) is 60.7 Å². The van der Waals surface area contributed by atoms with Crippen LogP contribution in [0.2, 0.25) is 0 Å². The smallest absolute Gasteiger partial charge is 0.346 e. The Hall–Kier alpha value is -5.39. The number of nitrogens with zero attached hydrogens (tertiary/aromatic N) is 3. The van der Waals surface area contributed by atoms with Crippen LogP contribution in [0.25, 0.3) is 18.2 Å². The quantitative estimate of drug-likeness (QED) is 0.176. The van der Waals surface area contributed by atoms with Gasteiger partial charge in [0.2, 0.25) is 0 Å². The van der Waals surface area contributed by atoms with Crippen molar-refractivity contribution < 1.29 is 9.90 Å². The maximum atomic E-state index is 11.1. The number of hydrogen-bond donors (Lipinski definition) is 1. The van der Waals surface area contributed by atoms with Crippen molar-refractivity contribution in [3.8, 4) is 12.1 Å². The van der Waals surface area contributed by atoms with Gasteiger partial charge in [-0.25, -0.2) is 4.79 Å². The van der Waals surface area contributed by atoms with E-state index in [1.165, 1.54) is 6.08 Å². The van der Waals surface area contributed by atoms with Crippen molar-refractivity contribution >= 4 is 41.3 Å². The zero-order chi connectivity index (χ0) is 25.3. The molecule has 4 aromatic carbocycles. The minimum atomic E-state index is -1.33. The van der Waals surface area contributed by atoms with Gasteiger partial charge in [-0.15, -0.1) is 0 Å². The molecule has 0 aliphatic carbocycles. The van der Waals surface area contributed by atoms with E-state index in [9.17, 15) is 10.1 Å². The second kappa shape index (κ2) is 11.2. The summed E-state index contributed by atoms with van der Waals surface area (Å²) in [5, 5.41) is 27.5. The zero-order valence-electron chi connectivity index (χ0n) is 19.2. The first-order valence-corrected chi connectivity index (χ1v) is 11.2. The highest BCUT2D eigenvalue weighted by atomic mass is 16.4. The summed E-state index contributed by atoms with van der Waals surface area (Å²) < 4.78 is 0. The summed E-state index contributed by atoms with van der Waals surface area (Å²) in [6.07, 6.45) is 5.04. The number of rotatable bonds is 7. The van der Waals surface area contributed by atoms with E-state index in [1.54, 1.807) is 24.3 Å². The number of benzene rings is 4. The van der Waals surface area contributed by atoms with Gasteiger partial charge in [-0.3, -0.25) is 0 Å². The maximum absolute atomic E-state index is 11.1. The minimum Gasteiger partial charge on any atom is -0.477 e. The van der Waals surface area contributed by atoms with Crippen LogP contribution in [0.4, 0.5) is 17.1 Å². The summed E-state index contributed by atoms with van der Waals surface area (Å²) in [7, 11) is 0. The SMILES string of the molecule is N#C/C(=C\c1ccc(/C=C/c2ccc(N(c3ccccc3)c3ccccc3)cc2)cc1C#N)C(=O)O. The molecule has 0 radical (unpaired) electrons. The number of nitriles is 2. The van der Waals surface area contributed by atoms with Gasteiger partial charge in [0, 0.05) is 17.1 Å². The van der Waals surface area contributed by atoms with Crippen molar-refractivity contribution in [2.45, 2.75) is 0 Å². The third-order valence-electron chi connectivity index (χ3n) is 5.50. The van der Waals surface area contributed by atoms with Crippen LogP contribution in [-0.2, 0) is 4.79 Å². The molecule has 0 saturated heterocycles. The number of carbonyl (C=O) groups is 1. The minimum absolute atomic E-state index is 0.294. The Morgan fingerprint density at radius 3 is 1.78 bits per heavy atom. The lowest BCUT2D eigenvalue weighted by molar-refractivity contribution is -0.132. The van der Waals surface area contributed by atoms with Crippen molar-refractivity contribution in [3.05, 3.63) is 131 Å². The molecule has 1 N–H and O–H groups in total. The molecule has 0 saturated carbocycles. The van der Waals surface area contributed by atoms with E-state index < -0.39 is 11.5 Å². The van der Waals surface area contributed by atoms with Crippen molar-refractivity contribution in [2.24, 2.45) is 0 Å². The number of hydrogen-bond acceptors (Lipinski definition) is 4. The fraction of sp³-hybridized carbons (Fsp3) is 0. The number of anilines is 3. The number of carboxylic acid groups (broad SMARTS) is 1. The maximum Gasteiger partial charge on any atom is 0.346 e.